The molecule has 1 aromatic heterocycles. The van der Waals surface area contributed by atoms with Crippen molar-refractivity contribution in [3.8, 4) is 11.5 Å². The third-order valence-corrected chi connectivity index (χ3v) is 4.17. The number of benzene rings is 1. The molecule has 1 aromatic carbocycles. The lowest BCUT2D eigenvalue weighted by atomic mass is 9.93. The van der Waals surface area contributed by atoms with Gasteiger partial charge in [0, 0.05) is 24.9 Å². The lowest BCUT2D eigenvalue weighted by Crippen LogP contribution is -2.24. The molecule has 0 saturated heterocycles. The van der Waals surface area contributed by atoms with Gasteiger partial charge >= 0.3 is 0 Å². The van der Waals surface area contributed by atoms with Gasteiger partial charge in [0.15, 0.2) is 11.5 Å². The van der Waals surface area contributed by atoms with E-state index in [1.165, 1.54) is 11.1 Å². The lowest BCUT2D eigenvalue weighted by molar-refractivity contribution is 0.0886. The molecule has 2 aromatic rings. The van der Waals surface area contributed by atoms with Crippen LogP contribution in [0.1, 0.15) is 62.0 Å². The summed E-state index contributed by atoms with van der Waals surface area (Å²) < 4.78 is 12.3. The van der Waals surface area contributed by atoms with Gasteiger partial charge in [-0.25, -0.2) is 0 Å². The van der Waals surface area contributed by atoms with E-state index < -0.39 is 0 Å². The molecule has 0 fully saturated rings. The highest BCUT2D eigenvalue weighted by Gasteiger charge is 2.24. The molecule has 1 N–H and O–H groups in total. The van der Waals surface area contributed by atoms with E-state index in [0.717, 1.165) is 35.0 Å². The Labute approximate surface area is 148 Å². The van der Waals surface area contributed by atoms with Crippen LogP contribution >= 0.6 is 0 Å². The first-order chi connectivity index (χ1) is 12.2. The number of nitrogens with one attached hydrogen (secondary N) is 1. The van der Waals surface area contributed by atoms with Gasteiger partial charge in [-0.3, -0.25) is 4.79 Å². The van der Waals surface area contributed by atoms with Crippen molar-refractivity contribution in [2.24, 2.45) is 0 Å². The number of anilines is 1. The molecule has 0 radical (unpaired) electrons. The Balaban J connectivity index is 0.000000569. The Kier molecular flexibility index (Phi) is 5.26. The predicted octanol–water partition coefficient (Wildman–Crippen LogP) is 4.03. The van der Waals surface area contributed by atoms with Crippen molar-refractivity contribution >= 4 is 11.7 Å². The minimum atomic E-state index is 0.0422. The lowest BCUT2D eigenvalue weighted by Gasteiger charge is -2.13. The maximum Gasteiger partial charge on any atom is 0.250 e. The SMILES string of the molecule is CCC.CCC(c1ccc2c(c1)OCO2)c1cc2n(n1)C(=O)CCN2. The molecule has 2 aliphatic heterocycles. The fraction of sp³-hybridized carbons (Fsp3) is 0.474. The second kappa shape index (κ2) is 7.59. The molecule has 0 saturated carbocycles. The van der Waals surface area contributed by atoms with Crippen molar-refractivity contribution in [2.75, 3.05) is 18.7 Å². The third-order valence-electron chi connectivity index (χ3n) is 4.17. The summed E-state index contributed by atoms with van der Waals surface area (Å²) in [6.07, 6.45) is 2.62. The zero-order chi connectivity index (χ0) is 17.8. The molecule has 1 unspecified atom stereocenters. The fourth-order valence-corrected chi connectivity index (χ4v) is 3.03. The number of carbonyl (C=O) groups excluding carboxylic acids is 1. The molecule has 0 bridgehead atoms. The van der Waals surface area contributed by atoms with Gasteiger partial charge < -0.3 is 14.8 Å². The van der Waals surface area contributed by atoms with E-state index in [1.807, 2.05) is 24.3 Å². The van der Waals surface area contributed by atoms with E-state index in [9.17, 15) is 4.79 Å². The van der Waals surface area contributed by atoms with E-state index in [-0.39, 0.29) is 18.6 Å². The van der Waals surface area contributed by atoms with Crippen LogP contribution in [-0.4, -0.2) is 29.0 Å². The van der Waals surface area contributed by atoms with Crippen LogP contribution in [0, 0.1) is 0 Å². The Morgan fingerprint density at radius 3 is 2.68 bits per heavy atom. The van der Waals surface area contributed by atoms with E-state index in [4.69, 9.17) is 9.47 Å². The molecule has 0 spiro atoms. The smallest absolute Gasteiger partial charge is 0.250 e. The van der Waals surface area contributed by atoms with Crippen LogP contribution in [0.15, 0.2) is 24.3 Å². The fourth-order valence-electron chi connectivity index (χ4n) is 3.03. The van der Waals surface area contributed by atoms with Crippen molar-refractivity contribution < 1.29 is 14.3 Å². The number of hydrogen-bond donors (Lipinski definition) is 1. The van der Waals surface area contributed by atoms with E-state index in [0.29, 0.717) is 13.0 Å². The summed E-state index contributed by atoms with van der Waals surface area (Å²) in [7, 11) is 0. The molecule has 0 aliphatic carbocycles. The summed E-state index contributed by atoms with van der Waals surface area (Å²) in [6, 6.07) is 7.94. The van der Waals surface area contributed by atoms with Crippen LogP contribution in [0.3, 0.4) is 0 Å². The second-order valence-corrected chi connectivity index (χ2v) is 6.22. The van der Waals surface area contributed by atoms with Crippen LogP contribution in [0.5, 0.6) is 11.5 Å². The molecular formula is C19H25N3O3. The van der Waals surface area contributed by atoms with Gasteiger partial charge in [-0.2, -0.15) is 9.78 Å². The highest BCUT2D eigenvalue weighted by Crippen LogP contribution is 2.37. The molecule has 0 amide bonds. The van der Waals surface area contributed by atoms with Crippen molar-refractivity contribution in [1.29, 1.82) is 0 Å². The average Bonchev–Trinajstić information content (AvgIpc) is 3.23. The molecule has 1 atom stereocenters. The third kappa shape index (κ3) is 3.48. The largest absolute Gasteiger partial charge is 0.454 e. The first-order valence-electron chi connectivity index (χ1n) is 8.94. The van der Waals surface area contributed by atoms with Gasteiger partial charge in [0.25, 0.3) is 5.91 Å². The van der Waals surface area contributed by atoms with Gasteiger partial charge in [0.1, 0.15) is 5.82 Å². The number of rotatable bonds is 3. The average molecular weight is 343 g/mol. The van der Waals surface area contributed by atoms with Gasteiger partial charge in [-0.1, -0.05) is 33.3 Å². The minimum Gasteiger partial charge on any atom is -0.454 e. The standard InChI is InChI=1S/C16H17N3O3.C3H8/c1-2-11(10-3-4-13-14(7-10)22-9-21-13)12-8-15-17-6-5-16(20)19(15)18-12;1-3-2/h3-4,7-8,11,17H,2,5-6,9H2,1H3;3H2,1-2H3. The van der Waals surface area contributed by atoms with E-state index in [1.54, 1.807) is 0 Å². The Morgan fingerprint density at radius 1 is 1.20 bits per heavy atom. The summed E-state index contributed by atoms with van der Waals surface area (Å²) in [4.78, 5) is 11.9. The molecule has 134 valence electrons. The Hall–Kier alpha value is -2.50. The maximum absolute atomic E-state index is 11.9. The number of nitrogens with zero attached hydrogens (tertiary/aromatic N) is 2. The normalized spacial score (nSPS) is 15.7. The first-order valence-corrected chi connectivity index (χ1v) is 8.94. The summed E-state index contributed by atoms with van der Waals surface area (Å²) >= 11 is 0. The second-order valence-electron chi connectivity index (χ2n) is 6.22. The monoisotopic (exact) mass is 343 g/mol. The molecule has 25 heavy (non-hydrogen) atoms. The number of fused-ring (bicyclic) bond motifs is 2. The van der Waals surface area contributed by atoms with Crippen LogP contribution in [-0.2, 0) is 0 Å². The molecule has 3 heterocycles. The molecule has 6 nitrogen and oxygen atoms in total. The van der Waals surface area contributed by atoms with Crippen molar-refractivity contribution in [1.82, 2.24) is 9.78 Å². The zero-order valence-electron chi connectivity index (χ0n) is 15.0. The summed E-state index contributed by atoms with van der Waals surface area (Å²) in [5.41, 5.74) is 2.02. The highest BCUT2D eigenvalue weighted by atomic mass is 16.7. The number of carbonyl (C=O) groups is 1. The molecule has 4 rings (SSSR count). The van der Waals surface area contributed by atoms with E-state index in [2.05, 4.69) is 31.2 Å². The van der Waals surface area contributed by atoms with Crippen molar-refractivity contribution in [3.05, 3.63) is 35.5 Å². The molecular weight excluding hydrogens is 318 g/mol. The maximum atomic E-state index is 11.9. The highest BCUT2D eigenvalue weighted by molar-refractivity contribution is 5.83. The summed E-state index contributed by atoms with van der Waals surface area (Å²) in [5.74, 6) is 2.50. The predicted molar refractivity (Wildman–Crippen MR) is 96.6 cm³/mol. The Morgan fingerprint density at radius 2 is 1.96 bits per heavy atom. The van der Waals surface area contributed by atoms with Gasteiger partial charge in [0.05, 0.1) is 5.69 Å². The minimum absolute atomic E-state index is 0.0422. The van der Waals surface area contributed by atoms with Crippen LogP contribution in [0.4, 0.5) is 5.82 Å². The van der Waals surface area contributed by atoms with Crippen LogP contribution in [0.25, 0.3) is 0 Å². The summed E-state index contributed by atoms with van der Waals surface area (Å²) in [5, 5.41) is 7.73. The van der Waals surface area contributed by atoms with Gasteiger partial charge in [0.2, 0.25) is 6.79 Å². The van der Waals surface area contributed by atoms with Crippen molar-refractivity contribution in [2.45, 2.75) is 46.0 Å². The zero-order valence-corrected chi connectivity index (χ0v) is 15.0. The first kappa shape index (κ1) is 17.3. The summed E-state index contributed by atoms with van der Waals surface area (Å²) in [6.45, 7) is 7.31. The topological polar surface area (TPSA) is 65.4 Å². The van der Waals surface area contributed by atoms with Crippen molar-refractivity contribution in [3.63, 3.8) is 0 Å². The number of ether oxygens (including phenoxy) is 2. The van der Waals surface area contributed by atoms with Gasteiger partial charge in [-0.05, 0) is 24.1 Å². The van der Waals surface area contributed by atoms with Crippen LogP contribution in [0.2, 0.25) is 0 Å². The van der Waals surface area contributed by atoms with E-state index >= 15 is 0 Å². The van der Waals surface area contributed by atoms with Crippen LogP contribution < -0.4 is 14.8 Å². The quantitative estimate of drug-likeness (QED) is 0.911. The number of hydrogen-bond acceptors (Lipinski definition) is 5. The van der Waals surface area contributed by atoms with Gasteiger partial charge in [-0.15, -0.1) is 0 Å². The molecule has 6 heteroatoms. The number of aromatic nitrogens is 2. The Bertz CT molecular complexity index is 754. The molecule has 2 aliphatic rings.